The first-order valence-corrected chi connectivity index (χ1v) is 9.89. The maximum atomic E-state index is 12.5. The van der Waals surface area contributed by atoms with E-state index in [9.17, 15) is 9.90 Å². The van der Waals surface area contributed by atoms with Crippen LogP contribution in [-0.2, 0) is 4.79 Å². The van der Waals surface area contributed by atoms with E-state index in [0.717, 1.165) is 11.1 Å². The number of amides is 1. The van der Waals surface area contributed by atoms with Gasteiger partial charge in [-0.05, 0) is 43.9 Å². The molecule has 3 N–H and O–H groups in total. The quantitative estimate of drug-likeness (QED) is 0.270. The number of aliphatic hydroxyl groups excluding tert-OH is 1. The molecule has 1 heterocycles. The fourth-order valence-corrected chi connectivity index (χ4v) is 3.06. The lowest BCUT2D eigenvalue weighted by molar-refractivity contribution is -0.123. The van der Waals surface area contributed by atoms with Gasteiger partial charge < -0.3 is 10.2 Å². The summed E-state index contributed by atoms with van der Waals surface area (Å²) in [6, 6.07) is 13.3. The number of unbranched alkanes of at least 4 members (excludes halogenated alkanes) is 1. The molecule has 1 aliphatic rings. The summed E-state index contributed by atoms with van der Waals surface area (Å²) < 4.78 is 0. The van der Waals surface area contributed by atoms with Crippen LogP contribution in [0.1, 0.15) is 36.5 Å². The monoisotopic (exact) mass is 406 g/mol. The number of nitrogens with zero attached hydrogens (tertiary/aromatic N) is 3. The molecule has 0 aliphatic carbocycles. The Morgan fingerprint density at radius 2 is 1.80 bits per heavy atom. The number of hydrazone groups is 2. The predicted octanol–water partition coefficient (Wildman–Crippen LogP) is 3.63. The van der Waals surface area contributed by atoms with Gasteiger partial charge in [0.05, 0.1) is 11.4 Å². The van der Waals surface area contributed by atoms with E-state index < -0.39 is 0 Å². The van der Waals surface area contributed by atoms with Gasteiger partial charge in [-0.15, -0.1) is 0 Å². The largest absolute Gasteiger partial charge is 0.505 e. The molecule has 0 spiro atoms. The number of carbonyl (C=O) groups is 1. The van der Waals surface area contributed by atoms with Crippen molar-refractivity contribution in [2.45, 2.75) is 26.7 Å². The Morgan fingerprint density at radius 3 is 2.57 bits per heavy atom. The summed E-state index contributed by atoms with van der Waals surface area (Å²) in [5.41, 5.74) is 6.75. The lowest BCUT2D eigenvalue weighted by Crippen LogP contribution is -2.29. The number of aromatic hydroxyl groups is 1. The predicted molar refractivity (Wildman–Crippen MR) is 120 cm³/mol. The number of phenols is 1. The Kier molecular flexibility index (Phi) is 6.98. The normalized spacial score (nSPS) is 15.3. The summed E-state index contributed by atoms with van der Waals surface area (Å²) in [6.07, 6.45) is 5.06. The van der Waals surface area contributed by atoms with Gasteiger partial charge in [-0.25, -0.2) is 5.01 Å². The number of carbonyl (C=O) groups excluding carboxylic acids is 1. The third-order valence-electron chi connectivity index (χ3n) is 4.81. The smallest absolute Gasteiger partial charge is 0.296 e. The third kappa shape index (κ3) is 4.93. The molecule has 3 rings (SSSR count). The second-order valence-electron chi connectivity index (χ2n) is 7.05. The zero-order valence-corrected chi connectivity index (χ0v) is 17.2. The number of hydrogen-bond acceptors (Lipinski definition) is 6. The van der Waals surface area contributed by atoms with Crippen molar-refractivity contribution in [1.82, 2.24) is 5.01 Å². The van der Waals surface area contributed by atoms with E-state index in [1.165, 1.54) is 5.01 Å². The van der Waals surface area contributed by atoms with Gasteiger partial charge >= 0.3 is 0 Å². The summed E-state index contributed by atoms with van der Waals surface area (Å²) in [5, 5.41) is 29.2. The summed E-state index contributed by atoms with van der Waals surface area (Å²) in [7, 11) is 0. The van der Waals surface area contributed by atoms with Crippen LogP contribution in [0.4, 0.5) is 5.69 Å². The van der Waals surface area contributed by atoms with Crippen LogP contribution < -0.4 is 5.43 Å². The van der Waals surface area contributed by atoms with Crippen molar-refractivity contribution in [3.8, 4) is 5.75 Å². The molecule has 0 atom stereocenters. The number of anilines is 1. The zero-order valence-electron chi connectivity index (χ0n) is 17.2. The van der Waals surface area contributed by atoms with Crippen molar-refractivity contribution in [3.05, 3.63) is 59.2 Å². The Hall–Kier alpha value is -3.45. The number of para-hydroxylation sites is 1. The minimum atomic E-state index is -0.298. The molecule has 156 valence electrons. The first-order chi connectivity index (χ1) is 14.5. The lowest BCUT2D eigenvalue weighted by atomic mass is 10.1. The summed E-state index contributed by atoms with van der Waals surface area (Å²) in [6.45, 7) is 4.26. The van der Waals surface area contributed by atoms with Gasteiger partial charge in [-0.2, -0.15) is 10.2 Å². The Labute approximate surface area is 176 Å². The summed E-state index contributed by atoms with van der Waals surface area (Å²) >= 11 is 0. The van der Waals surface area contributed by atoms with E-state index in [1.54, 1.807) is 25.1 Å². The molecule has 0 aromatic heterocycles. The Balaban J connectivity index is 1.73. The van der Waals surface area contributed by atoms with Crippen LogP contribution in [0.3, 0.4) is 0 Å². The van der Waals surface area contributed by atoms with E-state index >= 15 is 0 Å². The average molecular weight is 406 g/mol. The number of phenolic OH excluding ortho intramolecular Hbond substituents is 1. The number of hydrogen-bond donors (Lipinski definition) is 3. The van der Waals surface area contributed by atoms with Crippen molar-refractivity contribution in [2.24, 2.45) is 10.2 Å². The fraction of sp³-hybridized carbons (Fsp3) is 0.261. The summed E-state index contributed by atoms with van der Waals surface area (Å²) in [4.78, 5) is 12.5. The number of nitrogens with one attached hydrogen (secondary N) is 1. The highest BCUT2D eigenvalue weighted by molar-refractivity contribution is 6.68. The van der Waals surface area contributed by atoms with E-state index in [4.69, 9.17) is 5.11 Å². The van der Waals surface area contributed by atoms with Crippen LogP contribution in [0.15, 0.2) is 52.7 Å². The van der Waals surface area contributed by atoms with E-state index in [0.29, 0.717) is 36.3 Å². The van der Waals surface area contributed by atoms with Crippen LogP contribution >= 0.6 is 0 Å². The van der Waals surface area contributed by atoms with Crippen molar-refractivity contribution in [2.75, 3.05) is 18.6 Å². The van der Waals surface area contributed by atoms with Gasteiger partial charge in [-0.1, -0.05) is 48.6 Å². The van der Waals surface area contributed by atoms with Gasteiger partial charge in [0.2, 0.25) is 0 Å². The molecule has 2 aromatic rings. The van der Waals surface area contributed by atoms with Crippen LogP contribution in [0, 0.1) is 6.92 Å². The van der Waals surface area contributed by atoms with Crippen molar-refractivity contribution in [3.63, 3.8) is 0 Å². The molecule has 30 heavy (non-hydrogen) atoms. The molecule has 0 fully saturated rings. The van der Waals surface area contributed by atoms with E-state index in [2.05, 4.69) is 15.6 Å². The highest BCUT2D eigenvalue weighted by atomic mass is 16.3. The standard InChI is InChI=1S/C23H26N4O3/c1-16-8-3-4-9-18(16)12-13-19-10-7-11-20(22(19)29)24-25-21-17(2)26-27(23(21)30)14-5-6-15-28/h3-4,7-13,24,28-29H,5-6,14-15H2,1-2H3/b13-12+,25-21?. The minimum absolute atomic E-state index is 0.0477. The molecule has 1 amide bonds. The van der Waals surface area contributed by atoms with E-state index in [-0.39, 0.29) is 24.0 Å². The summed E-state index contributed by atoms with van der Waals surface area (Å²) in [5.74, 6) is -0.250. The van der Waals surface area contributed by atoms with Gasteiger partial charge in [0.25, 0.3) is 5.91 Å². The molecule has 0 saturated carbocycles. The number of rotatable bonds is 8. The molecule has 2 aromatic carbocycles. The topological polar surface area (TPSA) is 97.5 Å². The Bertz CT molecular complexity index is 1010. The molecule has 0 bridgehead atoms. The number of aryl methyl sites for hydroxylation is 1. The van der Waals surface area contributed by atoms with Crippen LogP contribution in [0.5, 0.6) is 5.75 Å². The van der Waals surface area contributed by atoms with Crippen LogP contribution in [0.25, 0.3) is 12.2 Å². The highest BCUT2D eigenvalue weighted by Crippen LogP contribution is 2.29. The second kappa shape index (κ2) is 9.84. The third-order valence-corrected chi connectivity index (χ3v) is 4.81. The van der Waals surface area contributed by atoms with Gasteiger partial charge in [0.15, 0.2) is 5.71 Å². The maximum absolute atomic E-state index is 12.5. The first kappa shape index (κ1) is 21.3. The molecule has 7 nitrogen and oxygen atoms in total. The molecule has 1 aliphatic heterocycles. The molecule has 7 heteroatoms. The van der Waals surface area contributed by atoms with Crippen molar-refractivity contribution >= 4 is 35.2 Å². The first-order valence-electron chi connectivity index (χ1n) is 9.89. The molecule has 0 radical (unpaired) electrons. The Morgan fingerprint density at radius 1 is 1.07 bits per heavy atom. The number of aliphatic hydroxyl groups is 1. The second-order valence-corrected chi connectivity index (χ2v) is 7.05. The maximum Gasteiger partial charge on any atom is 0.296 e. The highest BCUT2D eigenvalue weighted by Gasteiger charge is 2.29. The molecule has 0 unspecified atom stereocenters. The fourth-order valence-electron chi connectivity index (χ4n) is 3.06. The molecular weight excluding hydrogens is 380 g/mol. The van der Waals surface area contributed by atoms with Gasteiger partial charge in [0, 0.05) is 18.7 Å². The molecule has 0 saturated heterocycles. The number of benzene rings is 2. The van der Waals surface area contributed by atoms with Crippen molar-refractivity contribution in [1.29, 1.82) is 0 Å². The van der Waals surface area contributed by atoms with Gasteiger partial charge in [-0.3, -0.25) is 10.2 Å². The van der Waals surface area contributed by atoms with Gasteiger partial charge in [0.1, 0.15) is 5.75 Å². The van der Waals surface area contributed by atoms with Crippen LogP contribution in [0.2, 0.25) is 0 Å². The van der Waals surface area contributed by atoms with Crippen LogP contribution in [-0.4, -0.2) is 45.7 Å². The zero-order chi connectivity index (χ0) is 21.5. The minimum Gasteiger partial charge on any atom is -0.505 e. The average Bonchev–Trinajstić information content (AvgIpc) is 3.00. The van der Waals surface area contributed by atoms with Crippen molar-refractivity contribution < 1.29 is 15.0 Å². The van der Waals surface area contributed by atoms with E-state index in [1.807, 2.05) is 43.3 Å². The lowest BCUT2D eigenvalue weighted by Gasteiger charge is -2.10. The molecular formula is C23H26N4O3. The SMILES string of the molecule is CC1=NN(CCCCO)C(=O)C1=NNc1cccc(/C=C/c2ccccc2C)c1O.